The first kappa shape index (κ1) is 13.5. The van der Waals surface area contributed by atoms with Crippen molar-refractivity contribution >= 4 is 16.8 Å². The topological polar surface area (TPSA) is 87.2 Å². The highest BCUT2D eigenvalue weighted by atomic mass is 16.5. The van der Waals surface area contributed by atoms with Gasteiger partial charge in [0.15, 0.2) is 0 Å². The minimum atomic E-state index is -0.562. The number of aliphatic hydroxyl groups excluding tert-OH is 1. The van der Waals surface area contributed by atoms with E-state index in [0.717, 1.165) is 10.9 Å². The molecule has 3 N–H and O–H groups in total. The molecular weight excluding hydrogens is 246 g/mol. The molecule has 0 bridgehead atoms. The first-order chi connectivity index (χ1) is 9.22. The molecule has 2 rings (SSSR count). The summed E-state index contributed by atoms with van der Waals surface area (Å²) in [6.45, 7) is 0.667. The number of fused-ring (bicyclic) bond motifs is 1. The number of aromatic amines is 1. The summed E-state index contributed by atoms with van der Waals surface area (Å²) < 4.78 is 4.82. The molecule has 0 fully saturated rings. The highest BCUT2D eigenvalue weighted by Crippen LogP contribution is 2.15. The number of carbonyl (C=O) groups excluding carboxylic acids is 1. The predicted molar refractivity (Wildman–Crippen MR) is 70.9 cm³/mol. The van der Waals surface area contributed by atoms with Crippen LogP contribution in [0, 0.1) is 0 Å². The summed E-state index contributed by atoms with van der Waals surface area (Å²) in [5.74, 6) is -0.181. The number of H-pyrrole nitrogens is 1. The van der Waals surface area contributed by atoms with Crippen LogP contribution in [0.4, 0.5) is 0 Å². The second kappa shape index (κ2) is 6.31. The number of para-hydroxylation sites is 1. The number of nitrogens with zero attached hydrogens (tertiary/aromatic N) is 1. The van der Waals surface area contributed by atoms with Gasteiger partial charge in [0.25, 0.3) is 5.91 Å². The van der Waals surface area contributed by atoms with E-state index in [0.29, 0.717) is 18.5 Å². The van der Waals surface area contributed by atoms with Crippen LogP contribution in [0.15, 0.2) is 24.4 Å². The minimum absolute atomic E-state index is 0.181. The van der Waals surface area contributed by atoms with E-state index in [4.69, 9.17) is 4.74 Å². The number of hydrogen-bond donors (Lipinski definition) is 3. The lowest BCUT2D eigenvalue weighted by atomic mass is 10.1. The molecule has 1 amide bonds. The number of nitrogens with one attached hydrogen (secondary N) is 2. The molecule has 1 heterocycles. The van der Waals surface area contributed by atoms with Gasteiger partial charge in [-0.25, -0.2) is 0 Å². The van der Waals surface area contributed by atoms with E-state index >= 15 is 0 Å². The average molecular weight is 263 g/mol. The van der Waals surface area contributed by atoms with E-state index in [9.17, 15) is 9.90 Å². The smallest absolute Gasteiger partial charge is 0.253 e. The third-order valence-electron chi connectivity index (χ3n) is 2.84. The molecule has 0 radical (unpaired) electrons. The molecule has 102 valence electrons. The van der Waals surface area contributed by atoms with Crippen molar-refractivity contribution in [3.05, 3.63) is 30.0 Å². The third-order valence-corrected chi connectivity index (χ3v) is 2.84. The Morgan fingerprint density at radius 2 is 2.42 bits per heavy atom. The van der Waals surface area contributed by atoms with E-state index in [-0.39, 0.29) is 12.5 Å². The summed E-state index contributed by atoms with van der Waals surface area (Å²) in [4.78, 5) is 12.0. The van der Waals surface area contributed by atoms with Gasteiger partial charge in [-0.1, -0.05) is 12.1 Å². The largest absolute Gasteiger partial charge is 0.391 e. The lowest BCUT2D eigenvalue weighted by Crippen LogP contribution is -2.28. The summed E-state index contributed by atoms with van der Waals surface area (Å²) in [5.41, 5.74) is 1.27. The van der Waals surface area contributed by atoms with Gasteiger partial charge in [-0.3, -0.25) is 9.89 Å². The van der Waals surface area contributed by atoms with Crippen molar-refractivity contribution in [2.24, 2.45) is 0 Å². The number of aromatic nitrogens is 2. The first-order valence-electron chi connectivity index (χ1n) is 6.09. The number of methoxy groups -OCH3 is 1. The average Bonchev–Trinajstić information content (AvgIpc) is 2.86. The number of carbonyl (C=O) groups is 1. The molecule has 1 unspecified atom stereocenters. The maximum Gasteiger partial charge on any atom is 0.253 e. The zero-order chi connectivity index (χ0) is 13.7. The molecule has 0 spiro atoms. The summed E-state index contributed by atoms with van der Waals surface area (Å²) >= 11 is 0. The second-order valence-electron chi connectivity index (χ2n) is 4.29. The molecule has 0 saturated heterocycles. The molecule has 1 aromatic heterocycles. The Morgan fingerprint density at radius 3 is 3.21 bits per heavy atom. The Labute approximate surface area is 110 Å². The molecule has 6 nitrogen and oxygen atoms in total. The maximum atomic E-state index is 12.0. The molecule has 0 aliphatic heterocycles. The Kier molecular flexibility index (Phi) is 4.48. The molecule has 6 heteroatoms. The van der Waals surface area contributed by atoms with E-state index in [1.54, 1.807) is 12.3 Å². The minimum Gasteiger partial charge on any atom is -0.391 e. The highest BCUT2D eigenvalue weighted by Gasteiger charge is 2.11. The fourth-order valence-corrected chi connectivity index (χ4v) is 1.88. The van der Waals surface area contributed by atoms with Gasteiger partial charge in [0.2, 0.25) is 0 Å². The molecule has 0 aliphatic carbocycles. The zero-order valence-electron chi connectivity index (χ0n) is 10.7. The van der Waals surface area contributed by atoms with Crippen molar-refractivity contribution in [3.8, 4) is 0 Å². The van der Waals surface area contributed by atoms with Gasteiger partial charge >= 0.3 is 0 Å². The van der Waals surface area contributed by atoms with Crippen molar-refractivity contribution in [2.75, 3.05) is 20.3 Å². The predicted octanol–water partition coefficient (Wildman–Crippen LogP) is 0.690. The Hall–Kier alpha value is -1.92. The van der Waals surface area contributed by atoms with Gasteiger partial charge in [0.1, 0.15) is 0 Å². The van der Waals surface area contributed by atoms with E-state index in [1.165, 1.54) is 7.11 Å². The number of amides is 1. The molecule has 0 saturated carbocycles. The van der Waals surface area contributed by atoms with Crippen LogP contribution in [-0.2, 0) is 4.74 Å². The first-order valence-corrected chi connectivity index (χ1v) is 6.09. The van der Waals surface area contributed by atoms with Crippen molar-refractivity contribution in [1.82, 2.24) is 15.5 Å². The molecule has 19 heavy (non-hydrogen) atoms. The zero-order valence-corrected chi connectivity index (χ0v) is 10.7. The molecule has 1 aromatic carbocycles. The second-order valence-corrected chi connectivity index (χ2v) is 4.29. The van der Waals surface area contributed by atoms with Crippen LogP contribution in [0.3, 0.4) is 0 Å². The van der Waals surface area contributed by atoms with Crippen LogP contribution in [0.5, 0.6) is 0 Å². The SMILES string of the molecule is COCC(O)CCNC(=O)c1cccc2cn[nH]c12. The van der Waals surface area contributed by atoms with E-state index in [2.05, 4.69) is 15.5 Å². The third kappa shape index (κ3) is 3.30. The van der Waals surface area contributed by atoms with Crippen molar-refractivity contribution < 1.29 is 14.6 Å². The van der Waals surface area contributed by atoms with E-state index in [1.807, 2.05) is 12.1 Å². The maximum absolute atomic E-state index is 12.0. The summed E-state index contributed by atoms with van der Waals surface area (Å²) in [6, 6.07) is 5.44. The number of rotatable bonds is 6. The van der Waals surface area contributed by atoms with Crippen molar-refractivity contribution in [3.63, 3.8) is 0 Å². The van der Waals surface area contributed by atoms with Crippen molar-refractivity contribution in [1.29, 1.82) is 0 Å². The fraction of sp³-hybridized carbons (Fsp3) is 0.385. The monoisotopic (exact) mass is 263 g/mol. The van der Waals surface area contributed by atoms with Crippen LogP contribution >= 0.6 is 0 Å². The Balaban J connectivity index is 1.95. The number of aliphatic hydroxyl groups is 1. The van der Waals surface area contributed by atoms with Gasteiger partial charge in [-0.05, 0) is 12.5 Å². The molecule has 1 atom stereocenters. The summed E-state index contributed by atoms with van der Waals surface area (Å²) in [7, 11) is 1.53. The number of ether oxygens (including phenoxy) is 1. The van der Waals surface area contributed by atoms with E-state index < -0.39 is 6.10 Å². The lowest BCUT2D eigenvalue weighted by Gasteiger charge is -2.10. The molecular formula is C13H17N3O3. The summed E-state index contributed by atoms with van der Waals surface area (Å²) in [5, 5.41) is 19.9. The van der Waals surface area contributed by atoms with Crippen LogP contribution in [0.1, 0.15) is 16.8 Å². The fourth-order valence-electron chi connectivity index (χ4n) is 1.88. The summed E-state index contributed by atoms with van der Waals surface area (Å²) in [6.07, 6.45) is 1.57. The lowest BCUT2D eigenvalue weighted by molar-refractivity contribution is 0.0588. The van der Waals surface area contributed by atoms with Gasteiger partial charge in [0.05, 0.1) is 30.0 Å². The standard InChI is InChI=1S/C13H17N3O3/c1-19-8-10(17)5-6-14-13(18)11-4-2-3-9-7-15-16-12(9)11/h2-4,7,10,17H,5-6,8H2,1H3,(H,14,18)(H,15,16). The van der Waals surface area contributed by atoms with Crippen LogP contribution in [-0.4, -0.2) is 47.6 Å². The van der Waals surface area contributed by atoms with Gasteiger partial charge in [-0.2, -0.15) is 5.10 Å². The van der Waals surface area contributed by atoms with Crippen LogP contribution < -0.4 is 5.32 Å². The molecule has 0 aliphatic rings. The number of hydrogen-bond acceptors (Lipinski definition) is 4. The van der Waals surface area contributed by atoms with Gasteiger partial charge < -0.3 is 15.2 Å². The van der Waals surface area contributed by atoms with Crippen LogP contribution in [0.2, 0.25) is 0 Å². The Morgan fingerprint density at radius 1 is 1.58 bits per heavy atom. The number of benzene rings is 1. The van der Waals surface area contributed by atoms with Crippen LogP contribution in [0.25, 0.3) is 10.9 Å². The quantitative estimate of drug-likeness (QED) is 0.715. The van der Waals surface area contributed by atoms with Gasteiger partial charge in [-0.15, -0.1) is 0 Å². The normalized spacial score (nSPS) is 12.5. The van der Waals surface area contributed by atoms with Gasteiger partial charge in [0, 0.05) is 19.0 Å². The molecule has 2 aromatic rings. The highest BCUT2D eigenvalue weighted by molar-refractivity contribution is 6.05. The Bertz CT molecular complexity index is 553. The van der Waals surface area contributed by atoms with Crippen molar-refractivity contribution in [2.45, 2.75) is 12.5 Å².